The monoisotopic (exact) mass is 438 g/mol. The Morgan fingerprint density at radius 2 is 1.87 bits per heavy atom. The van der Waals surface area contributed by atoms with Gasteiger partial charge in [-0.1, -0.05) is 29.8 Å². The Morgan fingerprint density at radius 1 is 1.10 bits per heavy atom. The van der Waals surface area contributed by atoms with Gasteiger partial charge in [0.1, 0.15) is 23.9 Å². The molecule has 4 rings (SSSR count). The van der Waals surface area contributed by atoms with E-state index in [1.165, 1.54) is 19.2 Å². The minimum atomic E-state index is -0.436. The van der Waals surface area contributed by atoms with Gasteiger partial charge in [-0.15, -0.1) is 0 Å². The van der Waals surface area contributed by atoms with E-state index in [2.05, 4.69) is 4.74 Å². The molecular weight excluding hydrogens is 423 g/mol. The minimum Gasteiger partial charge on any atom is -0.489 e. The quantitative estimate of drug-likeness (QED) is 0.391. The van der Waals surface area contributed by atoms with Gasteiger partial charge in [0, 0.05) is 11.6 Å². The summed E-state index contributed by atoms with van der Waals surface area (Å²) in [5.74, 6) is -0.0767. The summed E-state index contributed by atoms with van der Waals surface area (Å²) in [6.07, 6.45) is 1.60. The van der Waals surface area contributed by atoms with Crippen molar-refractivity contribution in [3.8, 4) is 11.5 Å². The molecule has 1 aliphatic heterocycles. The number of carbonyl (C=O) groups is 2. The standard InChI is InChI=1S/C24H16ClFO5/c1-29-24(28)15-4-2-14(3-5-15)10-22-23(27)19-9-8-18(12-21(19)31-22)30-13-16-6-7-17(26)11-20(16)25/h2-12H,13H2,1H3. The van der Waals surface area contributed by atoms with Crippen molar-refractivity contribution in [3.05, 3.63) is 99.5 Å². The van der Waals surface area contributed by atoms with Gasteiger partial charge >= 0.3 is 5.97 Å². The first kappa shape index (κ1) is 20.6. The first-order valence-electron chi connectivity index (χ1n) is 9.28. The van der Waals surface area contributed by atoms with Gasteiger partial charge in [-0.2, -0.15) is 0 Å². The minimum absolute atomic E-state index is 0.140. The Labute approximate surface area is 182 Å². The molecule has 1 heterocycles. The Kier molecular flexibility index (Phi) is 5.73. The third kappa shape index (κ3) is 4.44. The molecule has 0 radical (unpaired) electrons. The molecule has 0 amide bonds. The van der Waals surface area contributed by atoms with Gasteiger partial charge in [0.05, 0.1) is 23.3 Å². The number of esters is 1. The van der Waals surface area contributed by atoms with Crippen molar-refractivity contribution in [2.45, 2.75) is 6.61 Å². The molecule has 31 heavy (non-hydrogen) atoms. The molecule has 0 fully saturated rings. The van der Waals surface area contributed by atoms with Gasteiger partial charge in [-0.05, 0) is 48.0 Å². The number of fused-ring (bicyclic) bond motifs is 1. The molecule has 0 saturated carbocycles. The second kappa shape index (κ2) is 8.62. The molecule has 7 heteroatoms. The van der Waals surface area contributed by atoms with E-state index in [0.717, 1.165) is 0 Å². The lowest BCUT2D eigenvalue weighted by Gasteiger charge is -2.08. The van der Waals surface area contributed by atoms with Crippen LogP contribution in [-0.4, -0.2) is 18.9 Å². The maximum atomic E-state index is 13.2. The number of hydrogen-bond donors (Lipinski definition) is 0. The summed E-state index contributed by atoms with van der Waals surface area (Å²) in [7, 11) is 1.31. The summed E-state index contributed by atoms with van der Waals surface area (Å²) in [6.45, 7) is 0.140. The zero-order valence-corrected chi connectivity index (χ0v) is 17.1. The number of methoxy groups -OCH3 is 1. The molecule has 0 aromatic heterocycles. The highest BCUT2D eigenvalue weighted by atomic mass is 35.5. The van der Waals surface area contributed by atoms with Gasteiger partial charge in [0.25, 0.3) is 0 Å². The number of hydrogen-bond acceptors (Lipinski definition) is 5. The molecule has 0 bridgehead atoms. The van der Waals surface area contributed by atoms with Gasteiger partial charge in [-0.25, -0.2) is 9.18 Å². The van der Waals surface area contributed by atoms with Crippen molar-refractivity contribution in [1.82, 2.24) is 0 Å². The van der Waals surface area contributed by atoms with E-state index in [-0.39, 0.29) is 23.2 Å². The van der Waals surface area contributed by atoms with Crippen LogP contribution in [0.4, 0.5) is 4.39 Å². The molecule has 0 unspecified atom stereocenters. The molecular formula is C24H16ClFO5. The van der Waals surface area contributed by atoms with Crippen molar-refractivity contribution in [1.29, 1.82) is 0 Å². The van der Waals surface area contributed by atoms with Crippen molar-refractivity contribution in [3.63, 3.8) is 0 Å². The summed E-state index contributed by atoms with van der Waals surface area (Å²) in [5.41, 5.74) is 2.17. The zero-order valence-electron chi connectivity index (χ0n) is 16.4. The van der Waals surface area contributed by atoms with Crippen LogP contribution in [0, 0.1) is 5.82 Å². The van der Waals surface area contributed by atoms with Crippen LogP contribution in [0.5, 0.6) is 11.5 Å². The van der Waals surface area contributed by atoms with Gasteiger partial charge in [0.15, 0.2) is 5.76 Å². The predicted molar refractivity (Wildman–Crippen MR) is 113 cm³/mol. The Morgan fingerprint density at radius 3 is 2.58 bits per heavy atom. The lowest BCUT2D eigenvalue weighted by molar-refractivity contribution is 0.0600. The van der Waals surface area contributed by atoms with Crippen LogP contribution < -0.4 is 9.47 Å². The average Bonchev–Trinajstić information content (AvgIpc) is 3.07. The predicted octanol–water partition coefficient (Wildman–Crippen LogP) is 5.46. The second-order valence-corrected chi connectivity index (χ2v) is 7.14. The van der Waals surface area contributed by atoms with Gasteiger partial charge < -0.3 is 14.2 Å². The number of carbonyl (C=O) groups excluding carboxylic acids is 2. The number of allylic oxidation sites excluding steroid dienone is 1. The number of ether oxygens (including phenoxy) is 3. The number of benzene rings is 3. The molecule has 0 aliphatic carbocycles. The SMILES string of the molecule is COC(=O)c1ccc(C=C2Oc3cc(OCc4ccc(F)cc4Cl)ccc3C2=O)cc1. The third-order valence-electron chi connectivity index (χ3n) is 4.68. The van der Waals surface area contributed by atoms with Crippen LogP contribution in [0.1, 0.15) is 31.8 Å². The molecule has 0 spiro atoms. The molecule has 3 aromatic carbocycles. The maximum Gasteiger partial charge on any atom is 0.337 e. The third-order valence-corrected chi connectivity index (χ3v) is 5.03. The smallest absolute Gasteiger partial charge is 0.337 e. The average molecular weight is 439 g/mol. The summed E-state index contributed by atoms with van der Waals surface area (Å²) >= 11 is 6.02. The van der Waals surface area contributed by atoms with Crippen molar-refractivity contribution < 1.29 is 28.2 Å². The molecule has 0 atom stereocenters. The second-order valence-electron chi connectivity index (χ2n) is 6.74. The zero-order chi connectivity index (χ0) is 22.0. The first-order valence-corrected chi connectivity index (χ1v) is 9.66. The summed E-state index contributed by atoms with van der Waals surface area (Å²) < 4.78 is 29.3. The molecule has 0 N–H and O–H groups in total. The van der Waals surface area contributed by atoms with E-state index < -0.39 is 11.8 Å². The summed E-state index contributed by atoms with van der Waals surface area (Å²) in [4.78, 5) is 24.2. The highest BCUT2D eigenvalue weighted by Gasteiger charge is 2.27. The number of halogens is 2. The van der Waals surface area contributed by atoms with E-state index >= 15 is 0 Å². The van der Waals surface area contributed by atoms with Crippen LogP contribution in [0.15, 0.2) is 66.4 Å². The van der Waals surface area contributed by atoms with Gasteiger partial charge in [-0.3, -0.25) is 4.79 Å². The van der Waals surface area contributed by atoms with E-state index in [1.807, 2.05) is 0 Å². The van der Waals surface area contributed by atoms with Gasteiger partial charge in [0.2, 0.25) is 5.78 Å². The molecule has 5 nitrogen and oxygen atoms in total. The Hall–Kier alpha value is -3.64. The number of rotatable bonds is 5. The van der Waals surface area contributed by atoms with Crippen molar-refractivity contribution >= 4 is 29.4 Å². The molecule has 1 aliphatic rings. The van der Waals surface area contributed by atoms with E-state index in [0.29, 0.717) is 33.8 Å². The fraction of sp³-hybridized carbons (Fsp3) is 0.0833. The number of Topliss-reactive ketones (excluding diaryl/α,β-unsaturated/α-hetero) is 1. The highest BCUT2D eigenvalue weighted by Crippen LogP contribution is 2.35. The van der Waals surface area contributed by atoms with Crippen LogP contribution in [0.2, 0.25) is 5.02 Å². The normalized spacial score (nSPS) is 13.6. The first-order chi connectivity index (χ1) is 14.9. The fourth-order valence-corrected chi connectivity index (χ4v) is 3.26. The van der Waals surface area contributed by atoms with Crippen molar-refractivity contribution in [2.24, 2.45) is 0 Å². The summed E-state index contributed by atoms with van der Waals surface area (Å²) in [5, 5.41) is 0.274. The van der Waals surface area contributed by atoms with Crippen LogP contribution in [0.3, 0.4) is 0 Å². The van der Waals surface area contributed by atoms with Crippen LogP contribution in [0.25, 0.3) is 6.08 Å². The Bertz CT molecular complexity index is 1200. The molecule has 0 saturated heterocycles. The van der Waals surface area contributed by atoms with E-state index in [4.69, 9.17) is 21.1 Å². The highest BCUT2D eigenvalue weighted by molar-refractivity contribution is 6.31. The van der Waals surface area contributed by atoms with E-state index in [9.17, 15) is 14.0 Å². The fourth-order valence-electron chi connectivity index (χ4n) is 3.04. The largest absolute Gasteiger partial charge is 0.489 e. The van der Waals surface area contributed by atoms with E-state index in [1.54, 1.807) is 54.6 Å². The van der Waals surface area contributed by atoms with Crippen LogP contribution >= 0.6 is 11.6 Å². The summed E-state index contributed by atoms with van der Waals surface area (Å²) in [6, 6.07) is 15.6. The topological polar surface area (TPSA) is 61.8 Å². The van der Waals surface area contributed by atoms with Crippen LogP contribution in [-0.2, 0) is 11.3 Å². The van der Waals surface area contributed by atoms with Crippen molar-refractivity contribution in [2.75, 3.05) is 7.11 Å². The number of ketones is 1. The lowest BCUT2D eigenvalue weighted by Crippen LogP contribution is -2.01. The molecule has 156 valence electrons. The Balaban J connectivity index is 1.48. The lowest BCUT2D eigenvalue weighted by atomic mass is 10.1. The maximum absolute atomic E-state index is 13.2. The molecule has 3 aromatic rings.